The van der Waals surface area contributed by atoms with Crippen molar-refractivity contribution in [1.82, 2.24) is 4.90 Å². The highest BCUT2D eigenvalue weighted by molar-refractivity contribution is 14.0. The van der Waals surface area contributed by atoms with Crippen molar-refractivity contribution in [3.63, 3.8) is 0 Å². The average Bonchev–Trinajstić information content (AvgIpc) is 3.18. The van der Waals surface area contributed by atoms with Gasteiger partial charge in [0.25, 0.3) is 0 Å². The van der Waals surface area contributed by atoms with E-state index in [4.69, 9.17) is 10.5 Å². The number of piperidine rings is 1. The molecule has 0 unspecified atom stereocenters. The van der Waals surface area contributed by atoms with Crippen molar-refractivity contribution in [3.05, 3.63) is 0 Å². The lowest BCUT2D eigenvalue weighted by atomic mass is 10.00. The number of nitrogens with two attached hydrogens (primary N) is 1. The van der Waals surface area contributed by atoms with Crippen LogP contribution in [0.2, 0.25) is 0 Å². The van der Waals surface area contributed by atoms with Crippen LogP contribution in [-0.4, -0.2) is 43.7 Å². The fourth-order valence-electron chi connectivity index (χ4n) is 2.23. The van der Waals surface area contributed by atoms with Crippen molar-refractivity contribution in [1.29, 1.82) is 0 Å². The van der Waals surface area contributed by atoms with E-state index in [9.17, 15) is 0 Å². The molecular formula is C14H28IN3O. The van der Waals surface area contributed by atoms with E-state index >= 15 is 0 Å². The Morgan fingerprint density at radius 2 is 1.95 bits per heavy atom. The average molecular weight is 381 g/mol. The third-order valence-electron chi connectivity index (χ3n) is 3.88. The van der Waals surface area contributed by atoms with Crippen molar-refractivity contribution in [2.24, 2.45) is 22.6 Å². The van der Waals surface area contributed by atoms with E-state index in [0.717, 1.165) is 57.1 Å². The molecule has 1 aliphatic heterocycles. The first-order valence-corrected chi connectivity index (χ1v) is 7.38. The van der Waals surface area contributed by atoms with E-state index in [1.807, 2.05) is 0 Å². The highest BCUT2D eigenvalue weighted by Crippen LogP contribution is 2.28. The summed E-state index contributed by atoms with van der Waals surface area (Å²) < 4.78 is 5.58. The van der Waals surface area contributed by atoms with Gasteiger partial charge in [-0.3, -0.25) is 4.99 Å². The van der Waals surface area contributed by atoms with Gasteiger partial charge in [0.15, 0.2) is 5.96 Å². The van der Waals surface area contributed by atoms with E-state index in [0.29, 0.717) is 0 Å². The molecule has 2 fully saturated rings. The predicted octanol–water partition coefficient (Wildman–Crippen LogP) is 2.47. The third-order valence-corrected chi connectivity index (χ3v) is 3.88. The molecule has 112 valence electrons. The molecule has 2 N–H and O–H groups in total. The summed E-state index contributed by atoms with van der Waals surface area (Å²) in [4.78, 5) is 6.66. The van der Waals surface area contributed by atoms with Gasteiger partial charge >= 0.3 is 0 Å². The van der Waals surface area contributed by atoms with Crippen LogP contribution in [0.1, 0.15) is 39.0 Å². The molecule has 1 saturated carbocycles. The summed E-state index contributed by atoms with van der Waals surface area (Å²) in [5, 5.41) is 0. The second-order valence-corrected chi connectivity index (χ2v) is 5.78. The van der Waals surface area contributed by atoms with Crippen LogP contribution in [0, 0.1) is 11.8 Å². The number of rotatable bonds is 6. The maximum atomic E-state index is 6.00. The Kier molecular flexibility index (Phi) is 8.06. The molecular weight excluding hydrogens is 353 g/mol. The summed E-state index contributed by atoms with van der Waals surface area (Å²) in [5.41, 5.74) is 6.00. The Bertz CT molecular complexity index is 274. The molecule has 1 saturated heterocycles. The molecule has 1 aliphatic carbocycles. The number of guanidine groups is 1. The van der Waals surface area contributed by atoms with Crippen LogP contribution in [0.25, 0.3) is 0 Å². The first kappa shape index (κ1) is 17.0. The summed E-state index contributed by atoms with van der Waals surface area (Å²) in [7, 11) is 0. The van der Waals surface area contributed by atoms with Crippen molar-refractivity contribution in [2.45, 2.75) is 39.0 Å². The lowest BCUT2D eigenvalue weighted by Crippen LogP contribution is -2.42. The minimum Gasteiger partial charge on any atom is -0.381 e. The fraction of sp³-hybridized carbons (Fsp3) is 0.929. The molecule has 0 radical (unpaired) electrons. The smallest absolute Gasteiger partial charge is 0.191 e. The van der Waals surface area contributed by atoms with Crippen molar-refractivity contribution in [3.8, 4) is 0 Å². The maximum absolute atomic E-state index is 6.00. The number of ether oxygens (including phenoxy) is 1. The number of halogens is 1. The van der Waals surface area contributed by atoms with E-state index in [1.165, 1.54) is 25.7 Å². The SMILES string of the molecule is CC1CCN(C(N)=NCCCOCC2CC2)CC1.I. The number of aliphatic imine (C=N–C) groups is 1. The minimum absolute atomic E-state index is 0. The number of hydrogen-bond acceptors (Lipinski definition) is 2. The summed E-state index contributed by atoms with van der Waals surface area (Å²) in [6.45, 7) is 7.00. The molecule has 0 bridgehead atoms. The van der Waals surface area contributed by atoms with Crippen LogP contribution < -0.4 is 5.73 Å². The molecule has 4 nitrogen and oxygen atoms in total. The quantitative estimate of drug-likeness (QED) is 0.333. The highest BCUT2D eigenvalue weighted by Gasteiger charge is 2.20. The third kappa shape index (κ3) is 6.79. The van der Waals surface area contributed by atoms with Crippen molar-refractivity contribution < 1.29 is 4.74 Å². The first-order valence-electron chi connectivity index (χ1n) is 7.38. The van der Waals surface area contributed by atoms with E-state index < -0.39 is 0 Å². The van der Waals surface area contributed by atoms with Crippen molar-refractivity contribution in [2.75, 3.05) is 32.8 Å². The van der Waals surface area contributed by atoms with Gasteiger partial charge in [-0.15, -0.1) is 24.0 Å². The molecule has 0 spiro atoms. The van der Waals surface area contributed by atoms with E-state index in [2.05, 4.69) is 16.8 Å². The van der Waals surface area contributed by atoms with Gasteiger partial charge in [-0.25, -0.2) is 0 Å². The Morgan fingerprint density at radius 3 is 2.58 bits per heavy atom. The van der Waals surface area contributed by atoms with Crippen LogP contribution in [0.3, 0.4) is 0 Å². The normalized spacial score (nSPS) is 21.3. The van der Waals surface area contributed by atoms with Crippen LogP contribution in [0.5, 0.6) is 0 Å². The molecule has 19 heavy (non-hydrogen) atoms. The highest BCUT2D eigenvalue weighted by atomic mass is 127. The molecule has 5 heteroatoms. The van der Waals surface area contributed by atoms with Gasteiger partial charge in [0.2, 0.25) is 0 Å². The lowest BCUT2D eigenvalue weighted by molar-refractivity contribution is 0.123. The number of nitrogens with zero attached hydrogens (tertiary/aromatic N) is 2. The predicted molar refractivity (Wildman–Crippen MR) is 90.0 cm³/mol. The Morgan fingerprint density at radius 1 is 1.26 bits per heavy atom. The van der Waals surface area contributed by atoms with E-state index in [-0.39, 0.29) is 24.0 Å². The second-order valence-electron chi connectivity index (χ2n) is 5.78. The van der Waals surface area contributed by atoms with Crippen LogP contribution in [-0.2, 0) is 4.74 Å². The van der Waals surface area contributed by atoms with Gasteiger partial charge in [0.05, 0.1) is 0 Å². The molecule has 2 aliphatic rings. The van der Waals surface area contributed by atoms with Gasteiger partial charge in [0.1, 0.15) is 0 Å². The van der Waals surface area contributed by atoms with Crippen LogP contribution >= 0.6 is 24.0 Å². The minimum atomic E-state index is 0. The summed E-state index contributed by atoms with van der Waals surface area (Å²) in [5.74, 6) is 2.42. The van der Waals surface area contributed by atoms with Gasteiger partial charge in [-0.05, 0) is 43.9 Å². The first-order chi connectivity index (χ1) is 8.75. The molecule has 0 amide bonds. The van der Waals surface area contributed by atoms with Crippen LogP contribution in [0.4, 0.5) is 0 Å². The van der Waals surface area contributed by atoms with Crippen molar-refractivity contribution >= 4 is 29.9 Å². The molecule has 0 aromatic heterocycles. The fourth-order valence-corrected chi connectivity index (χ4v) is 2.23. The number of likely N-dealkylation sites (tertiary alicyclic amines) is 1. The zero-order valence-corrected chi connectivity index (χ0v) is 14.3. The Hall–Kier alpha value is -0.0400. The van der Waals surface area contributed by atoms with Gasteiger partial charge in [0, 0.05) is 32.8 Å². The Labute approximate surface area is 134 Å². The lowest BCUT2D eigenvalue weighted by Gasteiger charge is -2.31. The maximum Gasteiger partial charge on any atom is 0.191 e. The zero-order chi connectivity index (χ0) is 12.8. The molecule has 0 aromatic carbocycles. The summed E-state index contributed by atoms with van der Waals surface area (Å²) in [6, 6.07) is 0. The monoisotopic (exact) mass is 381 g/mol. The zero-order valence-electron chi connectivity index (χ0n) is 12.0. The van der Waals surface area contributed by atoms with Crippen LogP contribution in [0.15, 0.2) is 4.99 Å². The van der Waals surface area contributed by atoms with E-state index in [1.54, 1.807) is 0 Å². The summed E-state index contributed by atoms with van der Waals surface area (Å²) in [6.07, 6.45) is 6.18. The van der Waals surface area contributed by atoms with Gasteiger partial charge in [-0.1, -0.05) is 6.92 Å². The number of hydrogen-bond donors (Lipinski definition) is 1. The second kappa shape index (κ2) is 9.00. The molecule has 1 heterocycles. The molecule has 0 atom stereocenters. The molecule has 0 aromatic rings. The topological polar surface area (TPSA) is 50.8 Å². The standard InChI is InChI=1S/C14H27N3O.HI/c1-12-5-8-17(9-6-12)14(15)16-7-2-10-18-11-13-3-4-13;/h12-13H,2-11H2,1H3,(H2,15,16);1H. The van der Waals surface area contributed by atoms with Gasteiger partial charge in [-0.2, -0.15) is 0 Å². The molecule has 2 rings (SSSR count). The Balaban J connectivity index is 0.00000180. The largest absolute Gasteiger partial charge is 0.381 e. The van der Waals surface area contributed by atoms with Gasteiger partial charge < -0.3 is 15.4 Å². The summed E-state index contributed by atoms with van der Waals surface area (Å²) >= 11 is 0.